The summed E-state index contributed by atoms with van der Waals surface area (Å²) in [5.41, 5.74) is 0.573. The van der Waals surface area contributed by atoms with Crippen molar-refractivity contribution in [1.82, 2.24) is 0 Å². The number of benzene rings is 1. The van der Waals surface area contributed by atoms with Crippen LogP contribution in [-0.2, 0) is 9.53 Å². The third kappa shape index (κ3) is 5.56. The van der Waals surface area contributed by atoms with Gasteiger partial charge in [-0.05, 0) is 81.0 Å². The van der Waals surface area contributed by atoms with E-state index in [0.717, 1.165) is 38.7 Å². The maximum Gasteiger partial charge on any atom is 0.314 e. The highest BCUT2D eigenvalue weighted by Gasteiger charge is 2.38. The number of hydrogen-bond acceptors (Lipinski definition) is 4. The van der Waals surface area contributed by atoms with E-state index >= 15 is 0 Å². The van der Waals surface area contributed by atoms with Crippen molar-refractivity contribution in [2.75, 3.05) is 6.61 Å². The normalized spacial score (nSPS) is 27.4. The van der Waals surface area contributed by atoms with Crippen molar-refractivity contribution in [2.45, 2.75) is 70.8 Å². The zero-order chi connectivity index (χ0) is 19.1. The van der Waals surface area contributed by atoms with Crippen molar-refractivity contribution in [3.8, 4) is 11.8 Å². The molecule has 2 aliphatic carbocycles. The van der Waals surface area contributed by atoms with Gasteiger partial charge in [0.25, 0.3) is 0 Å². The first-order valence-electron chi connectivity index (χ1n) is 10.5. The standard InChI is InChI=1S/C23H31NO3/c1-2-3-4-13-26-22-12-9-18-14-20(8-7-19(18)15-22)23(25)27-21-10-5-17(16-24)6-11-21/h5-6,10-11,18-20,22H,2-4,7-9,12-15H2,1H3. The van der Waals surface area contributed by atoms with Crippen molar-refractivity contribution in [3.05, 3.63) is 29.8 Å². The van der Waals surface area contributed by atoms with Crippen LogP contribution in [0.5, 0.6) is 5.75 Å². The van der Waals surface area contributed by atoms with Crippen molar-refractivity contribution in [2.24, 2.45) is 17.8 Å². The Labute approximate surface area is 162 Å². The third-order valence-corrected chi connectivity index (χ3v) is 6.20. The van der Waals surface area contributed by atoms with Crippen LogP contribution >= 0.6 is 0 Å². The van der Waals surface area contributed by atoms with Crippen LogP contribution in [0.4, 0.5) is 0 Å². The molecule has 1 aromatic rings. The van der Waals surface area contributed by atoms with Crippen molar-refractivity contribution in [1.29, 1.82) is 5.26 Å². The average molecular weight is 370 g/mol. The molecule has 0 saturated heterocycles. The summed E-state index contributed by atoms with van der Waals surface area (Å²) in [6.07, 6.45) is 10.5. The molecule has 0 aliphatic heterocycles. The van der Waals surface area contributed by atoms with Crippen LogP contribution in [0.25, 0.3) is 0 Å². The van der Waals surface area contributed by atoms with Gasteiger partial charge in [-0.3, -0.25) is 4.79 Å². The maximum atomic E-state index is 12.6. The molecule has 3 rings (SSSR count). The van der Waals surface area contributed by atoms with Gasteiger partial charge >= 0.3 is 5.97 Å². The number of esters is 1. The summed E-state index contributed by atoms with van der Waals surface area (Å²) in [7, 11) is 0. The minimum atomic E-state index is -0.115. The Morgan fingerprint density at radius 3 is 2.56 bits per heavy atom. The topological polar surface area (TPSA) is 59.3 Å². The summed E-state index contributed by atoms with van der Waals surface area (Å²) in [5.74, 6) is 1.76. The molecule has 0 N–H and O–H groups in total. The predicted molar refractivity (Wildman–Crippen MR) is 104 cm³/mol. The van der Waals surface area contributed by atoms with E-state index in [1.807, 2.05) is 0 Å². The fourth-order valence-corrected chi connectivity index (χ4v) is 4.61. The number of hydrogen-bond donors (Lipinski definition) is 0. The van der Waals surface area contributed by atoms with E-state index in [0.29, 0.717) is 29.3 Å². The second kappa shape index (κ2) is 9.90. The van der Waals surface area contributed by atoms with Gasteiger partial charge in [-0.1, -0.05) is 19.8 Å². The van der Waals surface area contributed by atoms with Gasteiger partial charge in [-0.2, -0.15) is 5.26 Å². The lowest BCUT2D eigenvalue weighted by Crippen LogP contribution is -2.37. The molecule has 0 aromatic heterocycles. The van der Waals surface area contributed by atoms with E-state index in [9.17, 15) is 4.79 Å². The zero-order valence-corrected chi connectivity index (χ0v) is 16.4. The largest absolute Gasteiger partial charge is 0.426 e. The number of carbonyl (C=O) groups is 1. The number of nitrogens with zero attached hydrogens (tertiary/aromatic N) is 1. The Kier molecular flexibility index (Phi) is 7.29. The molecule has 0 spiro atoms. The Morgan fingerprint density at radius 2 is 1.81 bits per heavy atom. The molecule has 4 heteroatoms. The highest BCUT2D eigenvalue weighted by Crippen LogP contribution is 2.43. The highest BCUT2D eigenvalue weighted by atomic mass is 16.5. The molecular formula is C23H31NO3. The molecule has 0 radical (unpaired) electrons. The van der Waals surface area contributed by atoms with Crippen LogP contribution in [0.3, 0.4) is 0 Å². The second-order valence-electron chi connectivity index (χ2n) is 8.10. The fourth-order valence-electron chi connectivity index (χ4n) is 4.61. The minimum Gasteiger partial charge on any atom is -0.426 e. The maximum absolute atomic E-state index is 12.6. The van der Waals surface area contributed by atoms with Crippen LogP contribution in [0.15, 0.2) is 24.3 Å². The Balaban J connectivity index is 1.44. The number of carbonyl (C=O) groups excluding carboxylic acids is 1. The molecule has 2 saturated carbocycles. The van der Waals surface area contributed by atoms with Crippen LogP contribution in [-0.4, -0.2) is 18.7 Å². The molecule has 2 aliphatic rings. The van der Waals surface area contributed by atoms with Gasteiger partial charge in [0.15, 0.2) is 0 Å². The third-order valence-electron chi connectivity index (χ3n) is 6.20. The van der Waals surface area contributed by atoms with Gasteiger partial charge in [0.05, 0.1) is 23.7 Å². The van der Waals surface area contributed by atoms with Crippen LogP contribution in [0.1, 0.15) is 70.3 Å². The average Bonchev–Trinajstić information content (AvgIpc) is 2.71. The molecule has 146 valence electrons. The summed E-state index contributed by atoms with van der Waals surface area (Å²) in [6.45, 7) is 3.12. The summed E-state index contributed by atoms with van der Waals surface area (Å²) >= 11 is 0. The number of nitriles is 1. The van der Waals surface area contributed by atoms with E-state index in [1.165, 1.54) is 25.7 Å². The summed E-state index contributed by atoms with van der Waals surface area (Å²) in [4.78, 5) is 12.6. The first kappa shape index (κ1) is 19.9. The SMILES string of the molecule is CCCCCOC1CCC2CC(C(=O)Oc3ccc(C#N)cc3)CCC2C1. The monoisotopic (exact) mass is 369 g/mol. The molecule has 2 fully saturated rings. The van der Waals surface area contributed by atoms with Crippen molar-refractivity contribution < 1.29 is 14.3 Å². The van der Waals surface area contributed by atoms with Crippen LogP contribution in [0.2, 0.25) is 0 Å². The summed E-state index contributed by atoms with van der Waals surface area (Å²) < 4.78 is 11.6. The highest BCUT2D eigenvalue weighted by molar-refractivity contribution is 5.75. The lowest BCUT2D eigenvalue weighted by molar-refractivity contribution is -0.141. The predicted octanol–water partition coefficient (Wildman–Crippen LogP) is 5.26. The van der Waals surface area contributed by atoms with E-state index in [2.05, 4.69) is 13.0 Å². The van der Waals surface area contributed by atoms with Gasteiger partial charge in [0.1, 0.15) is 5.75 Å². The van der Waals surface area contributed by atoms with Gasteiger partial charge in [-0.25, -0.2) is 0 Å². The molecule has 27 heavy (non-hydrogen) atoms. The van der Waals surface area contributed by atoms with E-state index in [-0.39, 0.29) is 11.9 Å². The summed E-state index contributed by atoms with van der Waals surface area (Å²) in [6, 6.07) is 8.83. The fraction of sp³-hybridized carbons (Fsp3) is 0.652. The first-order valence-corrected chi connectivity index (χ1v) is 10.5. The Bertz CT molecular complexity index is 649. The van der Waals surface area contributed by atoms with E-state index in [4.69, 9.17) is 14.7 Å². The second-order valence-corrected chi connectivity index (χ2v) is 8.10. The molecule has 4 unspecified atom stereocenters. The number of fused-ring (bicyclic) bond motifs is 1. The van der Waals surface area contributed by atoms with Gasteiger partial charge < -0.3 is 9.47 Å². The Hall–Kier alpha value is -1.86. The van der Waals surface area contributed by atoms with Crippen molar-refractivity contribution >= 4 is 5.97 Å². The van der Waals surface area contributed by atoms with Crippen molar-refractivity contribution in [3.63, 3.8) is 0 Å². The number of unbranched alkanes of at least 4 members (excludes halogenated alkanes) is 2. The van der Waals surface area contributed by atoms with Gasteiger partial charge in [0.2, 0.25) is 0 Å². The molecule has 1 aromatic carbocycles. The van der Waals surface area contributed by atoms with E-state index < -0.39 is 0 Å². The number of rotatable bonds is 7. The van der Waals surface area contributed by atoms with Crippen LogP contribution in [0, 0.1) is 29.1 Å². The quantitative estimate of drug-likeness (QED) is 0.374. The molecule has 4 nitrogen and oxygen atoms in total. The molecule has 4 atom stereocenters. The van der Waals surface area contributed by atoms with E-state index in [1.54, 1.807) is 24.3 Å². The number of ether oxygens (including phenoxy) is 2. The molecule has 0 bridgehead atoms. The summed E-state index contributed by atoms with van der Waals surface area (Å²) in [5, 5.41) is 8.85. The van der Waals surface area contributed by atoms with Crippen LogP contribution < -0.4 is 4.74 Å². The van der Waals surface area contributed by atoms with Gasteiger partial charge in [-0.15, -0.1) is 0 Å². The molecule has 0 heterocycles. The lowest BCUT2D eigenvalue weighted by Gasteiger charge is -2.41. The minimum absolute atomic E-state index is 0.00363. The Morgan fingerprint density at radius 1 is 1.07 bits per heavy atom. The first-order chi connectivity index (χ1) is 13.2. The lowest BCUT2D eigenvalue weighted by atomic mass is 9.67. The molecule has 0 amide bonds. The van der Waals surface area contributed by atoms with Gasteiger partial charge in [0, 0.05) is 6.61 Å². The zero-order valence-electron chi connectivity index (χ0n) is 16.4. The molecular weight excluding hydrogens is 338 g/mol. The smallest absolute Gasteiger partial charge is 0.314 e.